The first-order chi connectivity index (χ1) is 37.0. The number of hydrogen-bond donors (Lipinski definition) is 3. The molecule has 1 amide bonds. The Kier molecular flexibility index (Phi) is 63.9. The Morgan fingerprint density at radius 2 is 0.613 bits per heavy atom. The number of carbonyl (C=O) groups is 2. The third kappa shape index (κ3) is 61.7. The highest BCUT2D eigenvalue weighted by Crippen LogP contribution is 2.19. The van der Waals surface area contributed by atoms with Gasteiger partial charge in [0.2, 0.25) is 5.91 Å². The van der Waals surface area contributed by atoms with Crippen LogP contribution in [0.15, 0.2) is 12.2 Å². The number of unbranched alkanes of at least 4 members (excludes halogenated alkanes) is 54. The maximum absolute atomic E-state index is 12.4. The van der Waals surface area contributed by atoms with Crippen LogP contribution in [0.3, 0.4) is 0 Å². The normalized spacial score (nSPS) is 12.5. The van der Waals surface area contributed by atoms with E-state index in [1.807, 2.05) is 6.08 Å². The zero-order chi connectivity index (χ0) is 54.3. The van der Waals surface area contributed by atoms with Gasteiger partial charge in [-0.25, -0.2) is 0 Å². The van der Waals surface area contributed by atoms with Crippen molar-refractivity contribution in [3.8, 4) is 0 Å². The molecule has 0 aliphatic carbocycles. The molecular formula is C69H135NO5. The molecule has 0 aromatic carbocycles. The van der Waals surface area contributed by atoms with Crippen LogP contribution >= 0.6 is 0 Å². The molecular weight excluding hydrogens is 923 g/mol. The van der Waals surface area contributed by atoms with Crippen molar-refractivity contribution in [3.63, 3.8) is 0 Å². The van der Waals surface area contributed by atoms with Crippen molar-refractivity contribution in [2.45, 2.75) is 405 Å². The fraction of sp³-hybridized carbons (Fsp3) is 0.942. The van der Waals surface area contributed by atoms with Crippen LogP contribution in [0.1, 0.15) is 393 Å². The SMILES string of the molecule is CCCCCCCCCCCC/C=C/C(O)C(CO)NC(=O)CCCCCCCCCCCCCCCCCCCCCCCCCCCCCCCCCOC(=O)CCCCCCCCCCCCCCCCC. The minimum Gasteiger partial charge on any atom is -0.466 e. The van der Waals surface area contributed by atoms with Crippen molar-refractivity contribution < 1.29 is 24.5 Å². The van der Waals surface area contributed by atoms with E-state index in [0.29, 0.717) is 19.4 Å². The first kappa shape index (κ1) is 73.6. The lowest BCUT2D eigenvalue weighted by Gasteiger charge is -2.20. The zero-order valence-corrected chi connectivity index (χ0v) is 51.1. The van der Waals surface area contributed by atoms with Gasteiger partial charge in [-0.3, -0.25) is 9.59 Å². The maximum atomic E-state index is 12.4. The van der Waals surface area contributed by atoms with E-state index in [0.717, 1.165) is 38.5 Å². The third-order valence-electron chi connectivity index (χ3n) is 16.3. The average molecular weight is 1060 g/mol. The number of allylic oxidation sites excluding steroid dienone is 1. The summed E-state index contributed by atoms with van der Waals surface area (Å²) in [5.41, 5.74) is 0. The number of carbonyl (C=O) groups excluding carboxylic acids is 2. The summed E-state index contributed by atoms with van der Waals surface area (Å²) >= 11 is 0. The molecule has 2 unspecified atom stereocenters. The third-order valence-corrected chi connectivity index (χ3v) is 16.3. The average Bonchev–Trinajstić information content (AvgIpc) is 3.41. The molecule has 6 heteroatoms. The minimum absolute atomic E-state index is 0.0240. The summed E-state index contributed by atoms with van der Waals surface area (Å²) in [6.45, 7) is 4.93. The predicted octanol–water partition coefficient (Wildman–Crippen LogP) is 22.0. The summed E-state index contributed by atoms with van der Waals surface area (Å²) in [6.07, 6.45) is 80.1. The highest BCUT2D eigenvalue weighted by Gasteiger charge is 2.18. The predicted molar refractivity (Wildman–Crippen MR) is 329 cm³/mol. The van der Waals surface area contributed by atoms with Crippen LogP contribution in [0.4, 0.5) is 0 Å². The Hall–Kier alpha value is -1.40. The molecule has 6 nitrogen and oxygen atoms in total. The van der Waals surface area contributed by atoms with Crippen LogP contribution in [-0.2, 0) is 14.3 Å². The molecule has 0 aromatic heterocycles. The monoisotopic (exact) mass is 1060 g/mol. The topological polar surface area (TPSA) is 95.9 Å². The van der Waals surface area contributed by atoms with Gasteiger partial charge in [0, 0.05) is 12.8 Å². The van der Waals surface area contributed by atoms with Gasteiger partial charge in [-0.15, -0.1) is 0 Å². The molecule has 446 valence electrons. The number of aliphatic hydroxyl groups is 2. The van der Waals surface area contributed by atoms with Crippen molar-refractivity contribution in [1.82, 2.24) is 5.32 Å². The second-order valence-corrected chi connectivity index (χ2v) is 23.9. The van der Waals surface area contributed by atoms with Crippen LogP contribution in [0.2, 0.25) is 0 Å². The number of esters is 1. The number of hydrogen-bond acceptors (Lipinski definition) is 5. The molecule has 0 aliphatic rings. The van der Waals surface area contributed by atoms with Crippen molar-refractivity contribution in [1.29, 1.82) is 0 Å². The van der Waals surface area contributed by atoms with E-state index in [9.17, 15) is 19.8 Å². The molecule has 0 radical (unpaired) electrons. The van der Waals surface area contributed by atoms with Crippen molar-refractivity contribution in [2.24, 2.45) is 0 Å². The van der Waals surface area contributed by atoms with Crippen LogP contribution in [-0.4, -0.2) is 47.4 Å². The number of rotatable bonds is 65. The lowest BCUT2D eigenvalue weighted by molar-refractivity contribution is -0.143. The first-order valence-corrected chi connectivity index (χ1v) is 34.5. The Morgan fingerprint density at radius 1 is 0.360 bits per heavy atom. The van der Waals surface area contributed by atoms with E-state index in [-0.39, 0.29) is 18.5 Å². The van der Waals surface area contributed by atoms with Crippen molar-refractivity contribution in [3.05, 3.63) is 12.2 Å². The van der Waals surface area contributed by atoms with Gasteiger partial charge in [-0.05, 0) is 32.1 Å². The van der Waals surface area contributed by atoms with E-state index in [1.54, 1.807) is 6.08 Å². The number of nitrogens with one attached hydrogen (secondary N) is 1. The first-order valence-electron chi connectivity index (χ1n) is 34.5. The van der Waals surface area contributed by atoms with E-state index >= 15 is 0 Å². The van der Waals surface area contributed by atoms with E-state index in [4.69, 9.17) is 4.74 Å². The quantitative estimate of drug-likeness (QED) is 0.0320. The number of aliphatic hydroxyl groups excluding tert-OH is 2. The van der Waals surface area contributed by atoms with E-state index in [2.05, 4.69) is 19.2 Å². The van der Waals surface area contributed by atoms with Gasteiger partial charge in [0.05, 0.1) is 25.4 Å². The highest BCUT2D eigenvalue weighted by molar-refractivity contribution is 5.76. The van der Waals surface area contributed by atoms with E-state index in [1.165, 1.54) is 327 Å². The molecule has 0 saturated carbocycles. The van der Waals surface area contributed by atoms with Crippen molar-refractivity contribution >= 4 is 11.9 Å². The number of amides is 1. The van der Waals surface area contributed by atoms with Crippen LogP contribution in [0, 0.1) is 0 Å². The molecule has 3 N–H and O–H groups in total. The fourth-order valence-electron chi connectivity index (χ4n) is 11.1. The zero-order valence-electron chi connectivity index (χ0n) is 51.1. The Labute approximate surface area is 469 Å². The standard InChI is InChI=1S/C69H135NO5/c1-3-5-7-9-11-13-15-17-35-39-43-47-51-55-59-63-69(74)75-64-60-56-52-48-44-40-37-34-32-30-28-26-24-22-20-18-19-21-23-25-27-29-31-33-36-38-42-46-50-54-58-62-68(73)70-66(65-71)67(72)61-57-53-49-45-41-16-14-12-10-8-6-4-2/h57,61,66-67,71-72H,3-56,58-60,62-65H2,1-2H3,(H,70,73)/b61-57+. The molecule has 75 heavy (non-hydrogen) atoms. The second kappa shape index (κ2) is 65.1. The lowest BCUT2D eigenvalue weighted by Crippen LogP contribution is -2.45. The summed E-state index contributed by atoms with van der Waals surface area (Å²) in [5.74, 6) is -0.0384. The van der Waals surface area contributed by atoms with Crippen LogP contribution < -0.4 is 5.32 Å². The molecule has 0 spiro atoms. The summed E-state index contributed by atoms with van der Waals surface area (Å²) < 4.78 is 5.50. The van der Waals surface area contributed by atoms with Gasteiger partial charge in [0.15, 0.2) is 0 Å². The van der Waals surface area contributed by atoms with Crippen LogP contribution in [0.25, 0.3) is 0 Å². The van der Waals surface area contributed by atoms with E-state index < -0.39 is 12.1 Å². The van der Waals surface area contributed by atoms with Crippen LogP contribution in [0.5, 0.6) is 0 Å². The molecule has 0 fully saturated rings. The molecule has 0 aliphatic heterocycles. The van der Waals surface area contributed by atoms with Gasteiger partial charge < -0.3 is 20.3 Å². The number of ether oxygens (including phenoxy) is 1. The molecule has 2 atom stereocenters. The Balaban J connectivity index is 3.31. The van der Waals surface area contributed by atoms with Gasteiger partial charge in [-0.2, -0.15) is 0 Å². The van der Waals surface area contributed by atoms with Gasteiger partial charge in [0.25, 0.3) is 0 Å². The van der Waals surface area contributed by atoms with Gasteiger partial charge in [0.1, 0.15) is 0 Å². The summed E-state index contributed by atoms with van der Waals surface area (Å²) in [7, 11) is 0. The smallest absolute Gasteiger partial charge is 0.305 e. The minimum atomic E-state index is -0.839. The van der Waals surface area contributed by atoms with Gasteiger partial charge in [-0.1, -0.05) is 360 Å². The largest absolute Gasteiger partial charge is 0.466 e. The maximum Gasteiger partial charge on any atom is 0.305 e. The lowest BCUT2D eigenvalue weighted by atomic mass is 10.0. The molecule has 0 aromatic rings. The van der Waals surface area contributed by atoms with Crippen molar-refractivity contribution in [2.75, 3.05) is 13.2 Å². The summed E-state index contributed by atoms with van der Waals surface area (Å²) in [6, 6.07) is -0.622. The second-order valence-electron chi connectivity index (χ2n) is 23.9. The Bertz CT molecular complexity index is 1130. The molecule has 0 bridgehead atoms. The Morgan fingerprint density at radius 3 is 0.907 bits per heavy atom. The molecule has 0 rings (SSSR count). The summed E-state index contributed by atoms with van der Waals surface area (Å²) in [5, 5.41) is 23.1. The fourth-order valence-corrected chi connectivity index (χ4v) is 11.1. The summed E-state index contributed by atoms with van der Waals surface area (Å²) in [4.78, 5) is 24.5. The molecule has 0 saturated heterocycles. The highest BCUT2D eigenvalue weighted by atomic mass is 16.5. The molecule has 0 heterocycles. The van der Waals surface area contributed by atoms with Gasteiger partial charge >= 0.3 is 5.97 Å².